The highest BCUT2D eigenvalue weighted by Gasteiger charge is 2.27. The Morgan fingerprint density at radius 1 is 1.37 bits per heavy atom. The summed E-state index contributed by atoms with van der Waals surface area (Å²) in [5.74, 6) is 0.0719. The predicted molar refractivity (Wildman–Crippen MR) is 72.0 cm³/mol. The molecule has 0 N–H and O–H groups in total. The van der Waals surface area contributed by atoms with Crippen molar-refractivity contribution >= 4 is 11.6 Å². The van der Waals surface area contributed by atoms with Crippen LogP contribution in [0.1, 0.15) is 43.1 Å². The van der Waals surface area contributed by atoms with Crippen molar-refractivity contribution in [1.82, 2.24) is 19.5 Å². The average molecular weight is 258 g/mol. The number of rotatable bonds is 2. The molecule has 0 aliphatic carbocycles. The molecular weight excluding hydrogens is 240 g/mol. The molecule has 1 unspecified atom stereocenters. The maximum absolute atomic E-state index is 12.7. The van der Waals surface area contributed by atoms with Crippen molar-refractivity contribution < 1.29 is 4.79 Å². The number of carbonyl (C=O) groups excluding carboxylic acids is 1. The van der Waals surface area contributed by atoms with Gasteiger partial charge in [-0.3, -0.25) is 4.79 Å². The first-order valence-electron chi connectivity index (χ1n) is 6.91. The monoisotopic (exact) mass is 258 g/mol. The van der Waals surface area contributed by atoms with Crippen molar-refractivity contribution in [2.45, 2.75) is 38.6 Å². The molecule has 5 heteroatoms. The number of amides is 1. The average Bonchev–Trinajstić information content (AvgIpc) is 2.94. The molecule has 1 amide bonds. The van der Waals surface area contributed by atoms with E-state index in [0.29, 0.717) is 11.7 Å². The molecule has 19 heavy (non-hydrogen) atoms. The lowest BCUT2D eigenvalue weighted by Gasteiger charge is -2.35. The van der Waals surface area contributed by atoms with E-state index in [-0.39, 0.29) is 5.91 Å². The van der Waals surface area contributed by atoms with Crippen LogP contribution in [-0.2, 0) is 0 Å². The molecule has 1 atom stereocenters. The highest BCUT2D eigenvalue weighted by molar-refractivity contribution is 5.93. The second kappa shape index (κ2) is 4.99. The topological polar surface area (TPSA) is 50.5 Å². The Morgan fingerprint density at radius 2 is 2.26 bits per heavy atom. The number of carbonyl (C=O) groups is 1. The number of piperidine rings is 1. The molecule has 0 aromatic carbocycles. The van der Waals surface area contributed by atoms with Crippen LogP contribution in [0.15, 0.2) is 24.5 Å². The van der Waals surface area contributed by atoms with E-state index in [1.165, 1.54) is 6.42 Å². The second-order valence-corrected chi connectivity index (χ2v) is 4.99. The highest BCUT2D eigenvalue weighted by atomic mass is 16.2. The van der Waals surface area contributed by atoms with E-state index >= 15 is 0 Å². The normalized spacial score (nSPS) is 19.8. The summed E-state index contributed by atoms with van der Waals surface area (Å²) in [6.07, 6.45) is 7.78. The molecule has 3 rings (SSSR count). The van der Waals surface area contributed by atoms with E-state index in [1.54, 1.807) is 23.0 Å². The van der Waals surface area contributed by atoms with Gasteiger partial charge in [0.25, 0.3) is 5.91 Å². The Hall–Kier alpha value is -1.91. The third-order valence-electron chi connectivity index (χ3n) is 3.87. The van der Waals surface area contributed by atoms with Crippen LogP contribution < -0.4 is 0 Å². The molecule has 1 aliphatic rings. The molecule has 1 aliphatic heterocycles. The molecule has 100 valence electrons. The summed E-state index contributed by atoms with van der Waals surface area (Å²) in [4.78, 5) is 18.9. The Morgan fingerprint density at radius 3 is 3.11 bits per heavy atom. The van der Waals surface area contributed by atoms with Crippen LogP contribution in [0, 0.1) is 0 Å². The van der Waals surface area contributed by atoms with E-state index in [4.69, 9.17) is 0 Å². The quantitative estimate of drug-likeness (QED) is 0.829. The fourth-order valence-electron chi connectivity index (χ4n) is 2.84. The second-order valence-electron chi connectivity index (χ2n) is 4.99. The molecule has 2 aromatic heterocycles. The number of hydrogen-bond donors (Lipinski definition) is 0. The van der Waals surface area contributed by atoms with Gasteiger partial charge >= 0.3 is 0 Å². The molecule has 0 bridgehead atoms. The van der Waals surface area contributed by atoms with E-state index in [2.05, 4.69) is 17.0 Å². The van der Waals surface area contributed by atoms with E-state index in [0.717, 1.165) is 31.5 Å². The number of nitrogens with zero attached hydrogens (tertiary/aromatic N) is 4. The summed E-state index contributed by atoms with van der Waals surface area (Å²) in [6, 6.07) is 3.92. The summed E-state index contributed by atoms with van der Waals surface area (Å²) in [5.41, 5.74) is 1.33. The minimum atomic E-state index is 0.0719. The molecule has 0 radical (unpaired) electrons. The van der Waals surface area contributed by atoms with Crippen molar-refractivity contribution in [1.29, 1.82) is 0 Å². The lowest BCUT2D eigenvalue weighted by molar-refractivity contribution is 0.0599. The van der Waals surface area contributed by atoms with Crippen LogP contribution in [0.4, 0.5) is 0 Å². The molecule has 1 fully saturated rings. The van der Waals surface area contributed by atoms with Crippen LogP contribution in [0.2, 0.25) is 0 Å². The van der Waals surface area contributed by atoms with Gasteiger partial charge in [-0.1, -0.05) is 6.92 Å². The SMILES string of the molecule is CCC1CCCCN1C(=O)c1ccnc2ccnn12. The first kappa shape index (κ1) is 12.1. The number of aromatic nitrogens is 3. The Kier molecular flexibility index (Phi) is 3.19. The first-order chi connectivity index (χ1) is 9.31. The lowest BCUT2D eigenvalue weighted by atomic mass is 9.99. The van der Waals surface area contributed by atoms with E-state index in [1.807, 2.05) is 11.0 Å². The van der Waals surface area contributed by atoms with Gasteiger partial charge in [0.2, 0.25) is 0 Å². The smallest absolute Gasteiger partial charge is 0.272 e. The summed E-state index contributed by atoms with van der Waals surface area (Å²) in [6.45, 7) is 2.99. The lowest BCUT2D eigenvalue weighted by Crippen LogP contribution is -2.44. The zero-order chi connectivity index (χ0) is 13.2. The standard InChI is InChI=1S/C14H18N4O/c1-2-11-5-3-4-10-17(11)14(19)12-6-8-15-13-7-9-16-18(12)13/h6-9,11H,2-5,10H2,1H3. The van der Waals surface area contributed by atoms with E-state index < -0.39 is 0 Å². The van der Waals surface area contributed by atoms with Gasteiger partial charge in [-0.15, -0.1) is 0 Å². The van der Waals surface area contributed by atoms with Gasteiger partial charge in [0.15, 0.2) is 5.65 Å². The van der Waals surface area contributed by atoms with Crippen molar-refractivity contribution in [2.75, 3.05) is 6.54 Å². The summed E-state index contributed by atoms with van der Waals surface area (Å²) in [7, 11) is 0. The minimum absolute atomic E-state index is 0.0719. The predicted octanol–water partition coefficient (Wildman–Crippen LogP) is 2.13. The van der Waals surface area contributed by atoms with E-state index in [9.17, 15) is 4.79 Å². The largest absolute Gasteiger partial charge is 0.334 e. The van der Waals surface area contributed by atoms with Crippen molar-refractivity contribution in [3.63, 3.8) is 0 Å². The number of likely N-dealkylation sites (tertiary alicyclic amines) is 1. The molecule has 0 spiro atoms. The van der Waals surface area contributed by atoms with Crippen LogP contribution in [0.3, 0.4) is 0 Å². The molecule has 5 nitrogen and oxygen atoms in total. The van der Waals surface area contributed by atoms with Gasteiger partial charge in [-0.2, -0.15) is 5.10 Å². The number of fused-ring (bicyclic) bond motifs is 1. The third kappa shape index (κ3) is 2.09. The molecule has 0 saturated carbocycles. The first-order valence-corrected chi connectivity index (χ1v) is 6.91. The highest BCUT2D eigenvalue weighted by Crippen LogP contribution is 2.21. The van der Waals surface area contributed by atoms with Crippen molar-refractivity contribution in [2.24, 2.45) is 0 Å². The zero-order valence-corrected chi connectivity index (χ0v) is 11.1. The van der Waals surface area contributed by atoms with Crippen LogP contribution in [0.25, 0.3) is 5.65 Å². The van der Waals surface area contributed by atoms with Gasteiger partial charge in [-0.05, 0) is 31.7 Å². The fraction of sp³-hybridized carbons (Fsp3) is 0.500. The van der Waals surface area contributed by atoms with Gasteiger partial charge in [0, 0.05) is 24.8 Å². The maximum atomic E-state index is 12.7. The Labute approximate surface area is 112 Å². The van der Waals surface area contributed by atoms with Crippen LogP contribution in [0.5, 0.6) is 0 Å². The molecular formula is C14H18N4O. The van der Waals surface area contributed by atoms with Gasteiger partial charge in [0.05, 0.1) is 6.20 Å². The Bertz CT molecular complexity index is 592. The zero-order valence-electron chi connectivity index (χ0n) is 11.1. The van der Waals surface area contributed by atoms with Crippen molar-refractivity contribution in [3.05, 3.63) is 30.2 Å². The van der Waals surface area contributed by atoms with Gasteiger partial charge in [-0.25, -0.2) is 9.50 Å². The summed E-state index contributed by atoms with van der Waals surface area (Å²) in [5, 5.41) is 4.19. The van der Waals surface area contributed by atoms with Gasteiger partial charge in [0.1, 0.15) is 5.69 Å². The summed E-state index contributed by atoms with van der Waals surface area (Å²) < 4.78 is 1.63. The van der Waals surface area contributed by atoms with Gasteiger partial charge < -0.3 is 4.90 Å². The third-order valence-corrected chi connectivity index (χ3v) is 3.87. The maximum Gasteiger partial charge on any atom is 0.272 e. The van der Waals surface area contributed by atoms with Crippen LogP contribution >= 0.6 is 0 Å². The Balaban J connectivity index is 1.96. The minimum Gasteiger partial charge on any atom is -0.334 e. The fourth-order valence-corrected chi connectivity index (χ4v) is 2.84. The summed E-state index contributed by atoms with van der Waals surface area (Å²) >= 11 is 0. The van der Waals surface area contributed by atoms with Crippen molar-refractivity contribution in [3.8, 4) is 0 Å². The molecule has 2 aromatic rings. The number of hydrogen-bond acceptors (Lipinski definition) is 3. The molecule has 1 saturated heterocycles. The van der Waals surface area contributed by atoms with Crippen LogP contribution in [-0.4, -0.2) is 38.0 Å². The molecule has 3 heterocycles.